The Hall–Kier alpha value is -5.33. The largest absolute Gasteiger partial charge is 0.487 e. The number of anilines is 3. The summed E-state index contributed by atoms with van der Waals surface area (Å²) in [6.45, 7) is 6.25. The lowest BCUT2D eigenvalue weighted by Gasteiger charge is -2.29. The Labute approximate surface area is 323 Å². The molecular weight excluding hydrogens is 695 g/mol. The van der Waals surface area contributed by atoms with Crippen LogP contribution >= 0.6 is 0 Å². The third-order valence-electron chi connectivity index (χ3n) is 10.7. The molecule has 7 rings (SSSR count). The molecule has 1 saturated carbocycles. The zero-order valence-electron chi connectivity index (χ0n) is 31.7. The highest BCUT2D eigenvalue weighted by molar-refractivity contribution is 6.13. The fraction of sp³-hybridized carbons (Fsp3) is 0.419. The van der Waals surface area contributed by atoms with Gasteiger partial charge in [0.1, 0.15) is 0 Å². The Bertz CT molecular complexity index is 1920. The van der Waals surface area contributed by atoms with Crippen molar-refractivity contribution in [2.75, 3.05) is 75.1 Å². The van der Waals surface area contributed by atoms with Crippen molar-refractivity contribution in [2.24, 2.45) is 0 Å². The SMILES string of the molecule is CN(CCN1CCOCC1)C(=O)c1cccc(C(=O)Nc2ccc(N3CCCCC3)cc2C(=O)Nc2ccc(-c3ncc(OC4CCCCC4)cn3)cc2)c1. The second kappa shape index (κ2) is 18.3. The molecule has 55 heavy (non-hydrogen) atoms. The average molecular weight is 746 g/mol. The van der Waals surface area contributed by atoms with Crippen LogP contribution in [-0.4, -0.2) is 103 Å². The first-order chi connectivity index (χ1) is 26.9. The molecule has 1 aromatic heterocycles. The summed E-state index contributed by atoms with van der Waals surface area (Å²) in [6, 6.07) is 19.6. The van der Waals surface area contributed by atoms with Crippen LogP contribution in [0.25, 0.3) is 11.4 Å². The Morgan fingerprint density at radius 2 is 1.51 bits per heavy atom. The minimum atomic E-state index is -0.412. The van der Waals surface area contributed by atoms with E-state index in [0.29, 0.717) is 59.4 Å². The van der Waals surface area contributed by atoms with Crippen LogP contribution in [0.2, 0.25) is 0 Å². The number of aromatic nitrogens is 2. The van der Waals surface area contributed by atoms with Crippen molar-refractivity contribution in [3.63, 3.8) is 0 Å². The number of carbonyl (C=O) groups is 3. The van der Waals surface area contributed by atoms with E-state index in [-0.39, 0.29) is 17.9 Å². The maximum absolute atomic E-state index is 14.0. The van der Waals surface area contributed by atoms with Gasteiger partial charge >= 0.3 is 0 Å². The molecule has 0 bridgehead atoms. The van der Waals surface area contributed by atoms with E-state index in [9.17, 15) is 14.4 Å². The normalized spacial score (nSPS) is 16.6. The molecule has 2 saturated heterocycles. The van der Waals surface area contributed by atoms with Crippen molar-refractivity contribution in [3.05, 3.63) is 95.8 Å². The summed E-state index contributed by atoms with van der Waals surface area (Å²) >= 11 is 0. The summed E-state index contributed by atoms with van der Waals surface area (Å²) in [5.74, 6) is 0.321. The molecule has 2 N–H and O–H groups in total. The third-order valence-corrected chi connectivity index (χ3v) is 10.7. The van der Waals surface area contributed by atoms with Crippen molar-refractivity contribution in [2.45, 2.75) is 57.5 Å². The summed E-state index contributed by atoms with van der Waals surface area (Å²) in [7, 11) is 1.77. The Morgan fingerprint density at radius 1 is 0.800 bits per heavy atom. The number of nitrogens with zero attached hydrogens (tertiary/aromatic N) is 5. The molecule has 1 aliphatic carbocycles. The van der Waals surface area contributed by atoms with Gasteiger partial charge in [0.05, 0.1) is 43.0 Å². The molecular formula is C43H51N7O5. The highest BCUT2D eigenvalue weighted by atomic mass is 16.5. The van der Waals surface area contributed by atoms with Gasteiger partial charge in [0, 0.05) is 74.4 Å². The molecule has 0 radical (unpaired) electrons. The van der Waals surface area contributed by atoms with E-state index >= 15 is 0 Å². The number of benzene rings is 3. The molecule has 3 heterocycles. The van der Waals surface area contributed by atoms with E-state index in [2.05, 4.69) is 30.4 Å². The summed E-state index contributed by atoms with van der Waals surface area (Å²) in [5, 5.41) is 5.98. The van der Waals surface area contributed by atoms with Gasteiger partial charge in [0.15, 0.2) is 11.6 Å². The molecule has 2 aliphatic heterocycles. The molecule has 0 atom stereocenters. The first-order valence-electron chi connectivity index (χ1n) is 19.7. The third kappa shape index (κ3) is 10.1. The summed E-state index contributed by atoms with van der Waals surface area (Å²) in [5.41, 5.74) is 3.80. The Balaban J connectivity index is 1.03. The van der Waals surface area contributed by atoms with Crippen molar-refractivity contribution < 1.29 is 23.9 Å². The number of nitrogens with one attached hydrogen (secondary N) is 2. The van der Waals surface area contributed by atoms with Gasteiger partial charge in [0.2, 0.25) is 0 Å². The van der Waals surface area contributed by atoms with Crippen LogP contribution in [-0.2, 0) is 4.74 Å². The van der Waals surface area contributed by atoms with Crippen molar-refractivity contribution >= 4 is 34.8 Å². The molecule has 12 heteroatoms. The molecule has 3 aromatic carbocycles. The molecule has 0 unspecified atom stereocenters. The zero-order valence-corrected chi connectivity index (χ0v) is 31.7. The predicted molar refractivity (Wildman–Crippen MR) is 214 cm³/mol. The van der Waals surface area contributed by atoms with Crippen LogP contribution in [0.4, 0.5) is 17.1 Å². The highest BCUT2D eigenvalue weighted by Gasteiger charge is 2.21. The van der Waals surface area contributed by atoms with Gasteiger partial charge in [-0.3, -0.25) is 19.3 Å². The number of amides is 3. The Morgan fingerprint density at radius 3 is 2.25 bits per heavy atom. The van der Waals surface area contributed by atoms with Crippen LogP contribution in [0.15, 0.2) is 79.1 Å². The van der Waals surface area contributed by atoms with Crippen LogP contribution < -0.4 is 20.3 Å². The quantitative estimate of drug-likeness (QED) is 0.162. The highest BCUT2D eigenvalue weighted by Crippen LogP contribution is 2.29. The molecule has 4 aromatic rings. The molecule has 12 nitrogen and oxygen atoms in total. The van der Waals surface area contributed by atoms with Gasteiger partial charge in [-0.2, -0.15) is 0 Å². The fourth-order valence-electron chi connectivity index (χ4n) is 7.41. The summed E-state index contributed by atoms with van der Waals surface area (Å²) in [4.78, 5) is 56.2. The minimum absolute atomic E-state index is 0.160. The average Bonchev–Trinajstić information content (AvgIpc) is 3.24. The summed E-state index contributed by atoms with van der Waals surface area (Å²) in [6.07, 6.45) is 12.8. The fourth-order valence-corrected chi connectivity index (χ4v) is 7.41. The predicted octanol–water partition coefficient (Wildman–Crippen LogP) is 6.75. The van der Waals surface area contributed by atoms with Crippen LogP contribution in [0.3, 0.4) is 0 Å². The van der Waals surface area contributed by atoms with Crippen LogP contribution in [0, 0.1) is 0 Å². The second-order valence-corrected chi connectivity index (χ2v) is 14.6. The molecule has 3 amide bonds. The van der Waals surface area contributed by atoms with Gasteiger partial charge in [-0.1, -0.05) is 12.5 Å². The first kappa shape index (κ1) is 38.0. The number of likely N-dealkylation sites (N-methyl/N-ethyl adjacent to an activating group) is 1. The van der Waals surface area contributed by atoms with Crippen molar-refractivity contribution in [1.82, 2.24) is 19.8 Å². The van der Waals surface area contributed by atoms with Crippen LogP contribution in [0.5, 0.6) is 5.75 Å². The van der Waals surface area contributed by atoms with E-state index in [4.69, 9.17) is 9.47 Å². The number of hydrogen-bond acceptors (Lipinski definition) is 9. The van der Waals surface area contributed by atoms with Crippen molar-refractivity contribution in [3.8, 4) is 17.1 Å². The minimum Gasteiger partial charge on any atom is -0.487 e. The van der Waals surface area contributed by atoms with Gasteiger partial charge in [0.25, 0.3) is 17.7 Å². The van der Waals surface area contributed by atoms with Crippen molar-refractivity contribution in [1.29, 1.82) is 0 Å². The maximum atomic E-state index is 14.0. The lowest BCUT2D eigenvalue weighted by molar-refractivity contribution is 0.0338. The Kier molecular flexibility index (Phi) is 12.7. The van der Waals surface area contributed by atoms with Gasteiger partial charge in [-0.15, -0.1) is 0 Å². The standard InChI is InChI=1S/C43H51N7O5/c1-48(21-22-49-23-25-54-26-24-49)43(53)33-10-8-9-32(27-33)41(51)47-39-18-17-35(50-19-6-3-7-20-50)28-38(39)42(52)46-34-15-13-31(14-16-34)40-44-29-37(30-45-40)55-36-11-4-2-5-12-36/h8-10,13-18,27-30,36H,2-7,11-12,19-26H2,1H3,(H,46,52)(H,47,51). The molecule has 3 fully saturated rings. The first-order valence-corrected chi connectivity index (χ1v) is 19.7. The van der Waals surface area contributed by atoms with Gasteiger partial charge < -0.3 is 29.9 Å². The van der Waals surface area contributed by atoms with E-state index in [0.717, 1.165) is 69.7 Å². The molecule has 288 valence electrons. The number of piperidine rings is 1. The topological polar surface area (TPSA) is 129 Å². The lowest BCUT2D eigenvalue weighted by atomic mass is 9.98. The lowest BCUT2D eigenvalue weighted by Crippen LogP contribution is -2.41. The number of hydrogen-bond donors (Lipinski definition) is 2. The molecule has 0 spiro atoms. The maximum Gasteiger partial charge on any atom is 0.257 e. The smallest absolute Gasteiger partial charge is 0.257 e. The van der Waals surface area contributed by atoms with E-state index in [1.165, 1.54) is 25.7 Å². The van der Waals surface area contributed by atoms with Gasteiger partial charge in [-0.25, -0.2) is 9.97 Å². The number of ether oxygens (including phenoxy) is 2. The van der Waals surface area contributed by atoms with E-state index < -0.39 is 5.91 Å². The van der Waals surface area contributed by atoms with Gasteiger partial charge in [-0.05, 0) is 106 Å². The number of rotatable bonds is 12. The van der Waals surface area contributed by atoms with E-state index in [1.807, 2.05) is 36.4 Å². The van der Waals surface area contributed by atoms with E-state index in [1.54, 1.807) is 54.7 Å². The zero-order chi connectivity index (χ0) is 38.0. The number of carbonyl (C=O) groups excluding carboxylic acids is 3. The summed E-state index contributed by atoms with van der Waals surface area (Å²) < 4.78 is 11.5. The second-order valence-electron chi connectivity index (χ2n) is 14.6. The monoisotopic (exact) mass is 745 g/mol. The van der Waals surface area contributed by atoms with Crippen LogP contribution in [0.1, 0.15) is 82.4 Å². The molecule has 3 aliphatic rings. The number of morpholine rings is 1.